The summed E-state index contributed by atoms with van der Waals surface area (Å²) in [5.41, 5.74) is 11.8. The Bertz CT molecular complexity index is 1300. The Morgan fingerprint density at radius 2 is 1.10 bits per heavy atom. The minimum atomic E-state index is 0. The van der Waals surface area contributed by atoms with Gasteiger partial charge in [0.2, 0.25) is 0 Å². The lowest BCUT2D eigenvalue weighted by Crippen LogP contribution is -3.00. The van der Waals surface area contributed by atoms with Gasteiger partial charge in [0, 0.05) is 31.9 Å². The summed E-state index contributed by atoms with van der Waals surface area (Å²) in [6, 6.07) is 30.1. The van der Waals surface area contributed by atoms with Crippen LogP contribution in [0.25, 0.3) is 11.0 Å². The van der Waals surface area contributed by atoms with Gasteiger partial charge in [-0.25, -0.2) is 9.13 Å². The predicted molar refractivity (Wildman–Crippen MR) is 173 cm³/mol. The highest BCUT2D eigenvalue weighted by Gasteiger charge is 2.20. The molecule has 0 saturated carbocycles. The van der Waals surface area contributed by atoms with E-state index >= 15 is 0 Å². The van der Waals surface area contributed by atoms with Crippen LogP contribution in [0.1, 0.15) is 69.8 Å². The van der Waals surface area contributed by atoms with Crippen molar-refractivity contribution >= 4 is 22.7 Å². The molecule has 0 bridgehead atoms. The summed E-state index contributed by atoms with van der Waals surface area (Å²) in [5, 5.41) is 0. The molecule has 2 N–H and O–H groups in total. The minimum Gasteiger partial charge on any atom is -1.00 e. The fourth-order valence-corrected chi connectivity index (χ4v) is 6.37. The largest absolute Gasteiger partial charge is 1.00 e. The summed E-state index contributed by atoms with van der Waals surface area (Å²) >= 11 is 0. The van der Waals surface area contributed by atoms with Gasteiger partial charge in [-0.3, -0.25) is 10.6 Å². The topological polar surface area (TPSA) is 41.3 Å². The van der Waals surface area contributed by atoms with Crippen molar-refractivity contribution in [1.29, 1.82) is 0 Å². The van der Waals surface area contributed by atoms with Crippen molar-refractivity contribution < 1.29 is 17.0 Å². The molecule has 5 nitrogen and oxygen atoms in total. The second kappa shape index (κ2) is 17.2. The number of aromatic nitrogens is 2. The third kappa shape index (κ3) is 8.99. The minimum absolute atomic E-state index is 0. The number of para-hydroxylation sites is 3. The number of benzene rings is 3. The normalized spacial score (nSPS) is 13.9. The van der Waals surface area contributed by atoms with Crippen molar-refractivity contribution in [2.45, 2.75) is 77.3 Å². The molecule has 42 heavy (non-hydrogen) atoms. The first kappa shape index (κ1) is 31.9. The number of halogens is 1. The molecule has 0 amide bonds. The van der Waals surface area contributed by atoms with Gasteiger partial charge in [0.25, 0.3) is 0 Å². The average Bonchev–Trinajstić information content (AvgIpc) is 3.29. The van der Waals surface area contributed by atoms with Gasteiger partial charge >= 0.3 is 5.95 Å². The number of anilines is 2. The number of imidazole rings is 1. The number of hydrogen-bond acceptors (Lipinski definition) is 3. The molecule has 0 atom stereocenters. The van der Waals surface area contributed by atoms with Crippen LogP contribution in [0.4, 0.5) is 11.6 Å². The maximum absolute atomic E-state index is 6.69. The molecule has 1 saturated heterocycles. The Balaban J connectivity index is 0.00000405. The number of nitrogens with two attached hydrogens (primary N) is 1. The van der Waals surface area contributed by atoms with Crippen LogP contribution >= 0.6 is 0 Å². The molecule has 2 heterocycles. The number of piperazine rings is 1. The van der Waals surface area contributed by atoms with Crippen LogP contribution < -0.4 is 27.6 Å². The monoisotopic (exact) mass is 587 g/mol. The Morgan fingerprint density at radius 1 is 0.571 bits per heavy atom. The molecule has 1 fully saturated rings. The Kier molecular flexibility index (Phi) is 13.1. The van der Waals surface area contributed by atoms with Crippen LogP contribution in [-0.4, -0.2) is 42.2 Å². The zero-order chi connectivity index (χ0) is 28.1. The fourth-order valence-electron chi connectivity index (χ4n) is 6.37. The first-order valence-corrected chi connectivity index (χ1v) is 16.1. The van der Waals surface area contributed by atoms with E-state index in [0.717, 1.165) is 32.1 Å². The number of rotatable bonds is 16. The molecule has 6 heteroatoms. The lowest BCUT2D eigenvalue weighted by atomic mass is 10.1. The third-order valence-electron chi connectivity index (χ3n) is 8.80. The van der Waals surface area contributed by atoms with Crippen LogP contribution in [0.3, 0.4) is 0 Å². The number of nitrogens with zero attached hydrogens (tertiary/aromatic N) is 4. The summed E-state index contributed by atoms with van der Waals surface area (Å²) in [6.45, 7) is 7.81. The van der Waals surface area contributed by atoms with Crippen LogP contribution in [0.5, 0.6) is 0 Å². The van der Waals surface area contributed by atoms with Gasteiger partial charge in [-0.15, -0.1) is 0 Å². The van der Waals surface area contributed by atoms with Gasteiger partial charge < -0.3 is 17.3 Å². The zero-order valence-corrected chi connectivity index (χ0v) is 26.1. The standard InChI is InChI=1S/C36H49N5.ClH/c37-36-40(34-23-15-16-24-35(34)41(36)31-32-19-11-9-12-20-32)26-18-8-6-4-2-1-3-5-7-17-25-38-27-29-39(30-28-38)33-21-13-10-14-22-33;/h9-16,19-24,37H,1-8,17-18,25-31H2;1H. The quantitative estimate of drug-likeness (QED) is 0.157. The highest BCUT2D eigenvalue weighted by atomic mass is 35.5. The Morgan fingerprint density at radius 3 is 1.74 bits per heavy atom. The molecule has 1 aliphatic rings. The highest BCUT2D eigenvalue weighted by molar-refractivity contribution is 5.73. The zero-order valence-electron chi connectivity index (χ0n) is 25.3. The molecule has 226 valence electrons. The molecule has 0 radical (unpaired) electrons. The second-order valence-electron chi connectivity index (χ2n) is 11.8. The molecule has 0 spiro atoms. The molecule has 4 aromatic rings. The number of unbranched alkanes of at least 4 members (excludes halogenated alkanes) is 9. The number of fused-ring (bicyclic) bond motifs is 1. The molecule has 0 aliphatic carbocycles. The van der Waals surface area contributed by atoms with Crippen LogP contribution in [0, 0.1) is 0 Å². The Hall–Kier alpha value is -3.02. The van der Waals surface area contributed by atoms with Crippen molar-refractivity contribution in [3.05, 3.63) is 90.5 Å². The lowest BCUT2D eigenvalue weighted by Gasteiger charge is -2.36. The molecular formula is C36H50ClN5. The third-order valence-corrected chi connectivity index (χ3v) is 8.80. The van der Waals surface area contributed by atoms with Gasteiger partial charge in [0.05, 0.1) is 13.1 Å². The first-order chi connectivity index (χ1) is 20.3. The van der Waals surface area contributed by atoms with Crippen molar-refractivity contribution in [2.24, 2.45) is 0 Å². The van der Waals surface area contributed by atoms with E-state index in [1.165, 1.54) is 106 Å². The van der Waals surface area contributed by atoms with Gasteiger partial charge in [0.15, 0.2) is 0 Å². The van der Waals surface area contributed by atoms with Gasteiger partial charge in [-0.05, 0) is 49.2 Å². The summed E-state index contributed by atoms with van der Waals surface area (Å²) in [5.74, 6) is 0.865. The van der Waals surface area contributed by atoms with Gasteiger partial charge in [0.1, 0.15) is 11.0 Å². The Labute approximate surface area is 259 Å². The van der Waals surface area contributed by atoms with E-state index in [1.54, 1.807) is 0 Å². The predicted octanol–water partition coefficient (Wildman–Crippen LogP) is 4.29. The van der Waals surface area contributed by atoms with E-state index in [0.29, 0.717) is 0 Å². The second-order valence-corrected chi connectivity index (χ2v) is 11.8. The van der Waals surface area contributed by atoms with Crippen molar-refractivity contribution in [3.63, 3.8) is 0 Å². The van der Waals surface area contributed by atoms with Crippen molar-refractivity contribution in [1.82, 2.24) is 9.47 Å². The smallest absolute Gasteiger partial charge is 0.356 e. The molecule has 1 aromatic heterocycles. The van der Waals surface area contributed by atoms with Crippen molar-refractivity contribution in [3.8, 4) is 0 Å². The van der Waals surface area contributed by atoms with E-state index in [-0.39, 0.29) is 12.4 Å². The van der Waals surface area contributed by atoms with E-state index in [9.17, 15) is 0 Å². The van der Waals surface area contributed by atoms with Crippen LogP contribution in [0.15, 0.2) is 84.9 Å². The number of aryl methyl sites for hydroxylation is 1. The SMILES string of the molecule is Nc1n(CCCCCCCCCCCCN2CCN(c3ccccc3)CC2)c2ccccc2[n+]1Cc1ccccc1.[Cl-]. The highest BCUT2D eigenvalue weighted by Crippen LogP contribution is 2.19. The average molecular weight is 588 g/mol. The maximum Gasteiger partial charge on any atom is 0.356 e. The van der Waals surface area contributed by atoms with E-state index in [2.05, 4.69) is 104 Å². The van der Waals surface area contributed by atoms with Crippen molar-refractivity contribution in [2.75, 3.05) is 43.4 Å². The number of nitrogen functional groups attached to an aromatic ring is 1. The lowest BCUT2D eigenvalue weighted by molar-refractivity contribution is -0.648. The molecule has 3 aromatic carbocycles. The summed E-state index contributed by atoms with van der Waals surface area (Å²) in [7, 11) is 0. The summed E-state index contributed by atoms with van der Waals surface area (Å²) in [4.78, 5) is 5.18. The first-order valence-electron chi connectivity index (χ1n) is 16.1. The van der Waals surface area contributed by atoms with E-state index in [1.807, 2.05) is 0 Å². The summed E-state index contributed by atoms with van der Waals surface area (Å²) < 4.78 is 4.58. The molecule has 1 aliphatic heterocycles. The summed E-state index contributed by atoms with van der Waals surface area (Å²) in [6.07, 6.45) is 13.5. The van der Waals surface area contributed by atoms with E-state index < -0.39 is 0 Å². The maximum atomic E-state index is 6.69. The molecular weight excluding hydrogens is 538 g/mol. The fraction of sp³-hybridized carbons (Fsp3) is 0.472. The van der Waals surface area contributed by atoms with Gasteiger partial charge in [-0.2, -0.15) is 0 Å². The number of hydrogen-bond donors (Lipinski definition) is 1. The molecule has 0 unspecified atom stereocenters. The van der Waals surface area contributed by atoms with Crippen LogP contribution in [-0.2, 0) is 13.1 Å². The molecule has 5 rings (SSSR count). The van der Waals surface area contributed by atoms with Crippen LogP contribution in [0.2, 0.25) is 0 Å². The van der Waals surface area contributed by atoms with Gasteiger partial charge in [-0.1, -0.05) is 112 Å². The van der Waals surface area contributed by atoms with E-state index in [4.69, 9.17) is 5.73 Å².